The molecule has 2 aromatic heterocycles. The highest BCUT2D eigenvalue weighted by atomic mass is 29.2. The zero-order valence-corrected chi connectivity index (χ0v) is 49.9. The van der Waals surface area contributed by atoms with Crippen molar-refractivity contribution in [3.8, 4) is 5.88 Å². The third-order valence-corrected chi connectivity index (χ3v) is 53.4. The van der Waals surface area contributed by atoms with Gasteiger partial charge in [0.25, 0.3) is 11.5 Å². The number of aromatic amines is 1. The van der Waals surface area contributed by atoms with Crippen molar-refractivity contribution < 1.29 is 42.9 Å². The second-order valence-electron chi connectivity index (χ2n) is 22.1. The monoisotopic (exact) mass is 1040 g/mol. The average molecular weight is 1040 g/mol. The number of aromatic nitrogens is 4. The second-order valence-corrected chi connectivity index (χ2v) is 47.3. The summed E-state index contributed by atoms with van der Waals surface area (Å²) in [5.74, 6) is 0.432. The standard InChI is InChI=1S/C52H88N6O8Si4/c1-18-19-26-31-53-51-56-48-45(54-33-55-48)49(62-52(60)57(42-27-22-20-23-28-42)43-29-24-21-25-30-43)58(51)50-47(64-66-70(40(14)15,41(16)17)68(36(6)7)37(8)9)46(44(32-59)61-50)63-65-69(38(10)11,39(12)13)67(34(2)3)35(4)5/h20-25,27-30,33-41,44,46-47,50,59,67-68H,18-19,26,31-32H2,1-17H3,(H,53,54,55,56)/p+1/t44-,46-,47+,50-/m1/s1. The molecule has 1 amide bonds. The predicted octanol–water partition coefficient (Wildman–Crippen LogP) is 12.5. The maximum Gasteiger partial charge on any atom is 0.426 e. The molecule has 0 saturated carbocycles. The molecule has 1 aliphatic heterocycles. The van der Waals surface area contributed by atoms with E-state index in [9.17, 15) is 5.11 Å². The summed E-state index contributed by atoms with van der Waals surface area (Å²) in [5.41, 5.74) is 4.65. The number of rotatable bonds is 26. The lowest BCUT2D eigenvalue weighted by Crippen LogP contribution is -2.63. The number of amides is 1. The Morgan fingerprint density at radius 1 is 0.743 bits per heavy atom. The van der Waals surface area contributed by atoms with Crippen molar-refractivity contribution in [3.05, 3.63) is 67.0 Å². The first-order chi connectivity index (χ1) is 33.2. The van der Waals surface area contributed by atoms with Gasteiger partial charge in [-0.1, -0.05) is 189 Å². The molecule has 4 atom stereocenters. The van der Waals surface area contributed by atoms with Crippen LogP contribution in [0.4, 0.5) is 22.1 Å². The van der Waals surface area contributed by atoms with Gasteiger partial charge in [-0.3, -0.25) is 14.5 Å². The molecule has 390 valence electrons. The van der Waals surface area contributed by atoms with E-state index in [0.717, 1.165) is 19.3 Å². The van der Waals surface area contributed by atoms with E-state index in [-0.39, 0.29) is 28.0 Å². The number of nitrogens with one attached hydrogen (secondary N) is 2. The van der Waals surface area contributed by atoms with E-state index in [1.165, 1.54) is 11.2 Å². The number of aliphatic hydroxyl groups excluding tert-OH is 1. The van der Waals surface area contributed by atoms with E-state index in [1.54, 1.807) is 4.57 Å². The first-order valence-corrected chi connectivity index (χ1v) is 36.7. The molecular formula is C52H89N6O8Si4+. The third kappa shape index (κ3) is 12.2. The Balaban J connectivity index is 1.79. The molecule has 3 heterocycles. The molecule has 0 bridgehead atoms. The Kier molecular flexibility index (Phi) is 21.0. The number of aliphatic hydroxyl groups is 1. The molecule has 0 radical (unpaired) electrons. The summed E-state index contributed by atoms with van der Waals surface area (Å²) in [7, 11) is -8.76. The maximum absolute atomic E-state index is 15.1. The van der Waals surface area contributed by atoms with Gasteiger partial charge >= 0.3 is 12.0 Å². The zero-order valence-electron chi connectivity index (χ0n) is 45.6. The Morgan fingerprint density at radius 2 is 1.21 bits per heavy atom. The number of unbranched alkanes of at least 4 members (excludes halogenated alkanes) is 2. The summed E-state index contributed by atoms with van der Waals surface area (Å²) in [5, 5.41) is 15.0. The first kappa shape index (κ1) is 57.6. The van der Waals surface area contributed by atoms with Crippen LogP contribution in [-0.2, 0) is 23.7 Å². The van der Waals surface area contributed by atoms with Crippen molar-refractivity contribution in [2.45, 2.75) is 206 Å². The summed E-state index contributed by atoms with van der Waals surface area (Å²) in [6.07, 6.45) is -0.342. The second kappa shape index (κ2) is 25.6. The fraction of sp³-hybridized carbons (Fsp3) is 0.654. The molecule has 0 aliphatic carbocycles. The molecule has 3 N–H and O–H groups in total. The summed E-state index contributed by atoms with van der Waals surface area (Å²) in [4.78, 5) is 43.7. The van der Waals surface area contributed by atoms with Crippen molar-refractivity contribution in [1.82, 2.24) is 15.0 Å². The van der Waals surface area contributed by atoms with E-state index in [1.807, 2.05) is 60.7 Å². The zero-order chi connectivity index (χ0) is 51.7. The van der Waals surface area contributed by atoms with Gasteiger partial charge < -0.3 is 19.6 Å². The highest BCUT2D eigenvalue weighted by Gasteiger charge is 2.60. The van der Waals surface area contributed by atoms with Crippen LogP contribution in [0.1, 0.15) is 143 Å². The topological polar surface area (TPSA) is 153 Å². The van der Waals surface area contributed by atoms with Crippen LogP contribution in [-0.4, -0.2) is 89.9 Å². The van der Waals surface area contributed by atoms with Crippen LogP contribution >= 0.6 is 0 Å². The highest BCUT2D eigenvalue weighted by molar-refractivity contribution is 7.32. The molecular weight excluding hydrogens is 949 g/mol. The number of carbonyl (C=O) groups is 1. The minimum atomic E-state index is -2.75. The van der Waals surface area contributed by atoms with E-state index in [4.69, 9.17) is 33.4 Å². The van der Waals surface area contributed by atoms with Crippen LogP contribution in [0, 0.1) is 0 Å². The van der Waals surface area contributed by atoms with Crippen LogP contribution in [0.2, 0.25) is 44.3 Å². The minimum Gasteiger partial charge on any atom is -0.394 e. The Hall–Kier alpha value is -3.31. The smallest absolute Gasteiger partial charge is 0.394 e. The lowest BCUT2D eigenvalue weighted by molar-refractivity contribution is -0.760. The van der Waals surface area contributed by atoms with Crippen LogP contribution in [0.25, 0.3) is 11.2 Å². The number of ether oxygens (including phenoxy) is 2. The Morgan fingerprint density at radius 3 is 1.64 bits per heavy atom. The summed E-state index contributed by atoms with van der Waals surface area (Å²) in [6.45, 7) is 39.3. The highest BCUT2D eigenvalue weighted by Crippen LogP contribution is 2.47. The lowest BCUT2D eigenvalue weighted by atomic mass is 10.1. The van der Waals surface area contributed by atoms with Crippen LogP contribution in [0.15, 0.2) is 67.0 Å². The number of hydrogen-bond acceptors (Lipinski definition) is 11. The van der Waals surface area contributed by atoms with Gasteiger partial charge in [0.15, 0.2) is 17.7 Å². The summed E-state index contributed by atoms with van der Waals surface area (Å²) < 4.78 is 30.2. The van der Waals surface area contributed by atoms with Crippen molar-refractivity contribution in [2.75, 3.05) is 23.4 Å². The van der Waals surface area contributed by atoms with Gasteiger partial charge in [0.2, 0.25) is 21.9 Å². The molecule has 4 aromatic rings. The van der Waals surface area contributed by atoms with Gasteiger partial charge in [-0.25, -0.2) is 24.5 Å². The fourth-order valence-corrected chi connectivity index (χ4v) is 49.4. The van der Waals surface area contributed by atoms with Crippen molar-refractivity contribution >= 4 is 66.9 Å². The molecule has 1 fully saturated rings. The molecule has 1 saturated heterocycles. The molecule has 0 unspecified atom stereocenters. The lowest BCUT2D eigenvalue weighted by Gasteiger charge is -2.47. The average Bonchev–Trinajstić information content (AvgIpc) is 3.92. The molecule has 0 spiro atoms. The number of fused-ring (bicyclic) bond motifs is 1. The van der Waals surface area contributed by atoms with E-state index in [2.05, 4.69) is 133 Å². The largest absolute Gasteiger partial charge is 0.426 e. The molecule has 70 heavy (non-hydrogen) atoms. The maximum atomic E-state index is 15.1. The van der Waals surface area contributed by atoms with E-state index < -0.39 is 69.5 Å². The molecule has 1 aliphatic rings. The normalized spacial score (nSPS) is 18.2. The van der Waals surface area contributed by atoms with Gasteiger partial charge in [0.1, 0.15) is 6.10 Å². The quantitative estimate of drug-likeness (QED) is 0.0181. The number of imidazole rings is 1. The number of para-hydroxylation sites is 2. The van der Waals surface area contributed by atoms with Crippen LogP contribution < -0.4 is 19.5 Å². The summed E-state index contributed by atoms with van der Waals surface area (Å²) in [6, 6.07) is 18.8. The van der Waals surface area contributed by atoms with Crippen LogP contribution in [0.5, 0.6) is 5.88 Å². The molecule has 18 heteroatoms. The number of carbonyl (C=O) groups excluding carboxylic acids is 1. The van der Waals surface area contributed by atoms with Gasteiger partial charge in [-0.05, 0) is 57.8 Å². The minimum absolute atomic E-state index is 0.0900. The van der Waals surface area contributed by atoms with Crippen molar-refractivity contribution in [3.63, 3.8) is 0 Å². The third-order valence-electron chi connectivity index (χ3n) is 14.8. The van der Waals surface area contributed by atoms with Gasteiger partial charge in [-0.2, -0.15) is 4.57 Å². The molecule has 5 rings (SSSR count). The summed E-state index contributed by atoms with van der Waals surface area (Å²) >= 11 is 0. The number of H-pyrrole nitrogens is 1. The van der Waals surface area contributed by atoms with Crippen molar-refractivity contribution in [2.24, 2.45) is 0 Å². The van der Waals surface area contributed by atoms with E-state index >= 15 is 4.79 Å². The SMILES string of the molecule is CCCCCNc1nc2nc[nH]c2c(OC(=O)N(c2ccccc2)c2ccccc2)[n+]1[C@@H]1O[C@H](CO)[C@@H](OO[Si](C(C)C)(C(C)C)[SiH](C(C)C)C(C)C)[C@@H]1OO[Si](C(C)C)(C(C)C)[SiH](C(C)C)C(C)C. The first-order valence-electron chi connectivity index (χ1n) is 26.3. The van der Waals surface area contributed by atoms with Gasteiger partial charge in [0.05, 0.1) is 47.5 Å². The van der Waals surface area contributed by atoms with Gasteiger partial charge in [-0.15, -0.1) is 0 Å². The Labute approximate surface area is 424 Å². The van der Waals surface area contributed by atoms with E-state index in [0.29, 0.717) is 57.2 Å². The number of benzene rings is 2. The molecule has 14 nitrogen and oxygen atoms in total. The Bertz CT molecular complexity index is 2150. The number of hydrogen-bond donors (Lipinski definition) is 3. The number of nitrogens with zero attached hydrogens (tertiary/aromatic N) is 4. The van der Waals surface area contributed by atoms with Gasteiger partial charge in [0, 0.05) is 0 Å². The predicted molar refractivity (Wildman–Crippen MR) is 293 cm³/mol. The number of anilines is 3. The molecule has 2 aromatic carbocycles. The fourth-order valence-electron chi connectivity index (χ4n) is 12.1. The van der Waals surface area contributed by atoms with Crippen molar-refractivity contribution in [1.29, 1.82) is 0 Å². The van der Waals surface area contributed by atoms with Crippen LogP contribution in [0.3, 0.4) is 0 Å².